The van der Waals surface area contributed by atoms with E-state index in [1.165, 1.54) is 0 Å². The van der Waals surface area contributed by atoms with E-state index >= 15 is 0 Å². The summed E-state index contributed by atoms with van der Waals surface area (Å²) < 4.78 is 4.96. The highest BCUT2D eigenvalue weighted by atomic mass is 16.5. The van der Waals surface area contributed by atoms with Crippen LogP contribution in [0.1, 0.15) is 6.92 Å². The quantitative estimate of drug-likeness (QED) is 0.652. The molecule has 1 rings (SSSR count). The minimum Gasteiger partial charge on any atom is -0.495 e. The molecule has 5 nitrogen and oxygen atoms in total. The first-order chi connectivity index (χ1) is 7.13. The highest BCUT2D eigenvalue weighted by Gasteiger charge is 2.22. The second-order valence-electron chi connectivity index (χ2n) is 3.59. The minimum absolute atomic E-state index is 0.169. The van der Waals surface area contributed by atoms with E-state index in [0.717, 1.165) is 0 Å². The lowest BCUT2D eigenvalue weighted by atomic mass is 10.1. The fourth-order valence-corrected chi connectivity index (χ4v) is 1.01. The summed E-state index contributed by atoms with van der Waals surface area (Å²) in [6, 6.07) is 3.48. The Balaban J connectivity index is 2.71. The summed E-state index contributed by atoms with van der Waals surface area (Å²) in [4.78, 5) is 4.07. The maximum Gasteiger partial charge on any atom is 0.137 e. The number of nitrogens with one attached hydrogen (secondary N) is 1. The Hall–Kier alpha value is -1.33. The second-order valence-corrected chi connectivity index (χ2v) is 3.59. The number of aliphatic hydroxyl groups is 2. The van der Waals surface area contributed by atoms with Crippen molar-refractivity contribution in [2.24, 2.45) is 0 Å². The Labute approximate surface area is 88.7 Å². The number of aliphatic hydroxyl groups excluding tert-OH is 2. The molecule has 1 heterocycles. The van der Waals surface area contributed by atoms with E-state index in [9.17, 15) is 0 Å². The summed E-state index contributed by atoms with van der Waals surface area (Å²) >= 11 is 0. The standard InChI is InChI=1S/C10H16N2O3/c1-10(6-13,7-14)12-9-4-3-8(15-2)5-11-9/h3-5,13-14H,6-7H2,1-2H3,(H,11,12). The van der Waals surface area contributed by atoms with Crippen molar-refractivity contribution in [3.8, 4) is 5.75 Å². The largest absolute Gasteiger partial charge is 0.495 e. The van der Waals surface area contributed by atoms with Gasteiger partial charge >= 0.3 is 0 Å². The molecule has 0 aliphatic carbocycles. The van der Waals surface area contributed by atoms with E-state index in [1.54, 1.807) is 32.4 Å². The van der Waals surface area contributed by atoms with Gasteiger partial charge in [-0.3, -0.25) is 0 Å². The van der Waals surface area contributed by atoms with E-state index in [1.807, 2.05) is 0 Å². The molecule has 3 N–H and O–H groups in total. The molecular formula is C10H16N2O3. The van der Waals surface area contributed by atoms with Crippen molar-refractivity contribution in [1.82, 2.24) is 4.98 Å². The van der Waals surface area contributed by atoms with Crippen LogP contribution in [0.3, 0.4) is 0 Å². The van der Waals surface area contributed by atoms with Crippen LogP contribution in [0.15, 0.2) is 18.3 Å². The zero-order valence-corrected chi connectivity index (χ0v) is 8.90. The Morgan fingerprint density at radius 3 is 2.47 bits per heavy atom. The molecule has 0 radical (unpaired) electrons. The average Bonchev–Trinajstić information content (AvgIpc) is 2.30. The van der Waals surface area contributed by atoms with Gasteiger partial charge in [0.25, 0.3) is 0 Å². The first-order valence-electron chi connectivity index (χ1n) is 4.63. The van der Waals surface area contributed by atoms with Gasteiger partial charge in [-0.15, -0.1) is 0 Å². The van der Waals surface area contributed by atoms with Crippen molar-refractivity contribution in [2.75, 3.05) is 25.6 Å². The Kier molecular flexibility index (Phi) is 3.88. The van der Waals surface area contributed by atoms with Crippen LogP contribution in [0.5, 0.6) is 5.75 Å². The van der Waals surface area contributed by atoms with E-state index in [0.29, 0.717) is 11.6 Å². The fraction of sp³-hybridized carbons (Fsp3) is 0.500. The highest BCUT2D eigenvalue weighted by molar-refractivity contribution is 5.40. The number of nitrogens with zero attached hydrogens (tertiary/aromatic N) is 1. The van der Waals surface area contributed by atoms with Gasteiger partial charge in [0.2, 0.25) is 0 Å². The number of hydrogen-bond acceptors (Lipinski definition) is 5. The van der Waals surface area contributed by atoms with Gasteiger partial charge in [-0.2, -0.15) is 0 Å². The summed E-state index contributed by atoms with van der Waals surface area (Å²) in [6.07, 6.45) is 1.57. The number of anilines is 1. The Morgan fingerprint density at radius 2 is 2.07 bits per heavy atom. The molecule has 0 unspecified atom stereocenters. The van der Waals surface area contributed by atoms with Crippen LogP contribution >= 0.6 is 0 Å². The number of ether oxygens (including phenoxy) is 1. The van der Waals surface area contributed by atoms with Crippen LogP contribution in [0.25, 0.3) is 0 Å². The SMILES string of the molecule is COc1ccc(NC(C)(CO)CO)nc1. The summed E-state index contributed by atoms with van der Waals surface area (Å²) in [7, 11) is 1.57. The third kappa shape index (κ3) is 3.07. The normalized spacial score (nSPS) is 11.2. The van der Waals surface area contributed by atoms with Crippen LogP contribution in [0, 0.1) is 0 Å². The van der Waals surface area contributed by atoms with Crippen molar-refractivity contribution < 1.29 is 14.9 Å². The van der Waals surface area contributed by atoms with Gasteiger partial charge in [-0.25, -0.2) is 4.98 Å². The van der Waals surface area contributed by atoms with Crippen LogP contribution in [-0.4, -0.2) is 41.1 Å². The number of rotatable bonds is 5. The van der Waals surface area contributed by atoms with E-state index < -0.39 is 5.54 Å². The third-order valence-electron chi connectivity index (χ3n) is 2.10. The van der Waals surface area contributed by atoms with E-state index in [-0.39, 0.29) is 13.2 Å². The molecule has 0 saturated carbocycles. The summed E-state index contributed by atoms with van der Waals surface area (Å²) in [5.41, 5.74) is -0.762. The molecule has 0 bridgehead atoms. The second kappa shape index (κ2) is 4.95. The molecule has 5 heteroatoms. The summed E-state index contributed by atoms with van der Waals surface area (Å²) in [5, 5.41) is 21.1. The monoisotopic (exact) mass is 212 g/mol. The van der Waals surface area contributed by atoms with Crippen LogP contribution in [0.2, 0.25) is 0 Å². The van der Waals surface area contributed by atoms with E-state index in [2.05, 4.69) is 10.3 Å². The number of pyridine rings is 1. The zero-order valence-electron chi connectivity index (χ0n) is 8.90. The van der Waals surface area contributed by atoms with Crippen LogP contribution in [0.4, 0.5) is 5.82 Å². The molecule has 0 spiro atoms. The molecular weight excluding hydrogens is 196 g/mol. The molecule has 0 saturated heterocycles. The molecule has 0 fully saturated rings. The van der Waals surface area contributed by atoms with Gasteiger partial charge in [-0.05, 0) is 19.1 Å². The summed E-state index contributed by atoms with van der Waals surface area (Å²) in [6.45, 7) is 1.37. The first kappa shape index (κ1) is 11.7. The highest BCUT2D eigenvalue weighted by Crippen LogP contribution is 2.15. The lowest BCUT2D eigenvalue weighted by Gasteiger charge is -2.26. The maximum absolute atomic E-state index is 9.07. The van der Waals surface area contributed by atoms with Crippen LogP contribution < -0.4 is 10.1 Å². The van der Waals surface area contributed by atoms with E-state index in [4.69, 9.17) is 14.9 Å². The molecule has 15 heavy (non-hydrogen) atoms. The van der Waals surface area contributed by atoms with Gasteiger partial charge < -0.3 is 20.3 Å². The van der Waals surface area contributed by atoms with Crippen molar-refractivity contribution >= 4 is 5.82 Å². The smallest absolute Gasteiger partial charge is 0.137 e. The maximum atomic E-state index is 9.07. The van der Waals surface area contributed by atoms with Gasteiger partial charge in [0.1, 0.15) is 11.6 Å². The predicted molar refractivity (Wildman–Crippen MR) is 57.0 cm³/mol. The molecule has 1 aromatic rings. The zero-order chi connectivity index (χ0) is 11.3. The Bertz CT molecular complexity index is 296. The molecule has 0 aliphatic heterocycles. The molecule has 1 aromatic heterocycles. The Morgan fingerprint density at radius 1 is 1.40 bits per heavy atom. The first-order valence-corrected chi connectivity index (χ1v) is 4.63. The lowest BCUT2D eigenvalue weighted by molar-refractivity contribution is 0.147. The molecule has 0 aliphatic rings. The van der Waals surface area contributed by atoms with Crippen LogP contribution in [-0.2, 0) is 0 Å². The van der Waals surface area contributed by atoms with Crippen molar-refractivity contribution in [3.63, 3.8) is 0 Å². The fourth-order valence-electron chi connectivity index (χ4n) is 1.01. The predicted octanol–water partition coefficient (Wildman–Crippen LogP) is 0.245. The van der Waals surface area contributed by atoms with Gasteiger partial charge in [0.05, 0.1) is 32.1 Å². The van der Waals surface area contributed by atoms with Gasteiger partial charge in [0.15, 0.2) is 0 Å². The topological polar surface area (TPSA) is 74.6 Å². The van der Waals surface area contributed by atoms with Crippen molar-refractivity contribution in [2.45, 2.75) is 12.5 Å². The average molecular weight is 212 g/mol. The molecule has 0 aromatic carbocycles. The lowest BCUT2D eigenvalue weighted by Crippen LogP contribution is -2.42. The molecule has 0 atom stereocenters. The number of methoxy groups -OCH3 is 1. The van der Waals surface area contributed by atoms with Crippen molar-refractivity contribution in [1.29, 1.82) is 0 Å². The molecule has 0 amide bonds. The molecule has 84 valence electrons. The van der Waals surface area contributed by atoms with Gasteiger partial charge in [0, 0.05) is 0 Å². The van der Waals surface area contributed by atoms with Gasteiger partial charge in [-0.1, -0.05) is 0 Å². The number of hydrogen-bond donors (Lipinski definition) is 3. The van der Waals surface area contributed by atoms with Crippen molar-refractivity contribution in [3.05, 3.63) is 18.3 Å². The third-order valence-corrected chi connectivity index (χ3v) is 2.10. The summed E-state index contributed by atoms with van der Waals surface area (Å²) in [5.74, 6) is 1.25. The number of aromatic nitrogens is 1. The minimum atomic E-state index is -0.762.